The molecule has 2 aromatic carbocycles. The summed E-state index contributed by atoms with van der Waals surface area (Å²) in [5.41, 5.74) is 8.05. The van der Waals surface area contributed by atoms with Crippen LogP contribution >= 0.6 is 34.7 Å². The Kier molecular flexibility index (Phi) is 6.49. The topological polar surface area (TPSA) is 85.1 Å². The van der Waals surface area contributed by atoms with Gasteiger partial charge in [0.1, 0.15) is 4.34 Å². The van der Waals surface area contributed by atoms with E-state index in [0.29, 0.717) is 16.3 Å². The number of hydrogen-bond donors (Lipinski definition) is 2. The molecule has 0 radical (unpaired) electrons. The molecule has 3 N–H and O–H groups in total. The average Bonchev–Trinajstić information content (AvgIpc) is 3.07. The van der Waals surface area contributed by atoms with Crippen molar-refractivity contribution < 1.29 is 9.59 Å². The summed E-state index contributed by atoms with van der Waals surface area (Å²) in [5, 5.41) is 5.38. The molecule has 0 aliphatic heterocycles. The predicted molar refractivity (Wildman–Crippen MR) is 110 cm³/mol. The zero-order valence-electron chi connectivity index (χ0n) is 14.1. The summed E-state index contributed by atoms with van der Waals surface area (Å²) in [6.07, 6.45) is 0.186. The number of carbonyl (C=O) groups excluding carboxylic acids is 2. The number of anilines is 1. The monoisotopic (exact) mass is 417 g/mol. The fourth-order valence-corrected chi connectivity index (χ4v) is 4.30. The molecule has 2 amide bonds. The van der Waals surface area contributed by atoms with Crippen molar-refractivity contribution in [3.63, 3.8) is 0 Å². The van der Waals surface area contributed by atoms with Gasteiger partial charge >= 0.3 is 0 Å². The van der Waals surface area contributed by atoms with E-state index < -0.39 is 5.91 Å². The summed E-state index contributed by atoms with van der Waals surface area (Å²) in [6, 6.07) is 14.2. The first-order chi connectivity index (χ1) is 13.0. The molecule has 1 aromatic heterocycles. The van der Waals surface area contributed by atoms with Gasteiger partial charge in [-0.3, -0.25) is 9.59 Å². The lowest BCUT2D eigenvalue weighted by Gasteiger charge is -2.04. The number of thioether (sulfide) groups is 1. The molecule has 1 heterocycles. The first-order valence-corrected chi connectivity index (χ1v) is 10.3. The second kappa shape index (κ2) is 9.03. The van der Waals surface area contributed by atoms with Gasteiger partial charge in [0, 0.05) is 27.4 Å². The molecule has 3 rings (SSSR count). The number of aromatic nitrogens is 1. The number of nitrogens with two attached hydrogens (primary N) is 1. The van der Waals surface area contributed by atoms with Crippen molar-refractivity contribution in [2.24, 2.45) is 5.73 Å². The molecule has 0 aliphatic rings. The number of nitrogens with zero attached hydrogens (tertiary/aromatic N) is 1. The van der Waals surface area contributed by atoms with Gasteiger partial charge < -0.3 is 11.1 Å². The number of benzene rings is 2. The van der Waals surface area contributed by atoms with Crippen LogP contribution in [-0.4, -0.2) is 16.8 Å². The Balaban J connectivity index is 1.52. The van der Waals surface area contributed by atoms with Gasteiger partial charge in [-0.05, 0) is 42.0 Å². The van der Waals surface area contributed by atoms with Crippen LogP contribution in [0.15, 0.2) is 58.3 Å². The van der Waals surface area contributed by atoms with Gasteiger partial charge in [-0.25, -0.2) is 4.98 Å². The number of amides is 2. The zero-order chi connectivity index (χ0) is 19.2. The highest BCUT2D eigenvalue weighted by Gasteiger charge is 2.09. The molecule has 0 atom stereocenters. The molecule has 0 saturated heterocycles. The Morgan fingerprint density at radius 1 is 1.19 bits per heavy atom. The van der Waals surface area contributed by atoms with E-state index in [1.807, 2.05) is 29.6 Å². The van der Waals surface area contributed by atoms with E-state index in [2.05, 4.69) is 10.3 Å². The van der Waals surface area contributed by atoms with Crippen LogP contribution in [0.2, 0.25) is 5.02 Å². The zero-order valence-corrected chi connectivity index (χ0v) is 16.5. The molecule has 0 fully saturated rings. The van der Waals surface area contributed by atoms with Gasteiger partial charge in [-0.1, -0.05) is 35.5 Å². The first kappa shape index (κ1) is 19.4. The van der Waals surface area contributed by atoms with Crippen LogP contribution in [0.25, 0.3) is 0 Å². The van der Waals surface area contributed by atoms with E-state index >= 15 is 0 Å². The fourth-order valence-electron chi connectivity index (χ4n) is 2.30. The van der Waals surface area contributed by atoms with Gasteiger partial charge in [0.25, 0.3) is 0 Å². The van der Waals surface area contributed by atoms with Crippen molar-refractivity contribution in [2.75, 3.05) is 5.32 Å². The molecule has 0 spiro atoms. The molecule has 0 saturated carbocycles. The van der Waals surface area contributed by atoms with Gasteiger partial charge in [-0.15, -0.1) is 11.3 Å². The molecule has 3 aromatic rings. The van der Waals surface area contributed by atoms with Crippen molar-refractivity contribution >= 4 is 52.2 Å². The number of carbonyl (C=O) groups is 2. The normalized spacial score (nSPS) is 10.6. The molecule has 0 bridgehead atoms. The Morgan fingerprint density at radius 3 is 2.67 bits per heavy atom. The van der Waals surface area contributed by atoms with Gasteiger partial charge in [0.05, 0.1) is 12.1 Å². The van der Waals surface area contributed by atoms with Crippen LogP contribution in [0.3, 0.4) is 0 Å². The summed E-state index contributed by atoms with van der Waals surface area (Å²) in [4.78, 5) is 27.7. The van der Waals surface area contributed by atoms with Crippen LogP contribution in [0.5, 0.6) is 0 Å². The largest absolute Gasteiger partial charge is 0.366 e. The smallest absolute Gasteiger partial charge is 0.248 e. The van der Waals surface area contributed by atoms with E-state index in [-0.39, 0.29) is 12.3 Å². The van der Waals surface area contributed by atoms with Crippen molar-refractivity contribution in [1.29, 1.82) is 0 Å². The van der Waals surface area contributed by atoms with Gasteiger partial charge in [-0.2, -0.15) is 0 Å². The Hall–Kier alpha value is -2.35. The van der Waals surface area contributed by atoms with Crippen LogP contribution in [-0.2, 0) is 17.0 Å². The second-order valence-corrected chi connectivity index (χ2v) is 8.21. The Bertz CT molecular complexity index is 958. The van der Waals surface area contributed by atoms with E-state index in [9.17, 15) is 9.59 Å². The summed E-state index contributed by atoms with van der Waals surface area (Å²) in [5.74, 6) is 0.100. The third-order valence-electron chi connectivity index (χ3n) is 3.58. The van der Waals surface area contributed by atoms with E-state index in [4.69, 9.17) is 17.3 Å². The van der Waals surface area contributed by atoms with Crippen molar-refractivity contribution in [3.8, 4) is 0 Å². The third-order valence-corrected chi connectivity index (χ3v) is 5.95. The highest BCUT2D eigenvalue weighted by molar-refractivity contribution is 8.00. The maximum Gasteiger partial charge on any atom is 0.248 e. The third kappa shape index (κ3) is 5.82. The summed E-state index contributed by atoms with van der Waals surface area (Å²) in [6.45, 7) is 0. The molecular weight excluding hydrogens is 402 g/mol. The fraction of sp³-hybridized carbons (Fsp3) is 0.105. The molecule has 8 heteroatoms. The minimum Gasteiger partial charge on any atom is -0.366 e. The molecule has 0 unspecified atom stereocenters. The highest BCUT2D eigenvalue weighted by atomic mass is 35.5. The van der Waals surface area contributed by atoms with Crippen LogP contribution in [0.1, 0.15) is 21.6 Å². The van der Waals surface area contributed by atoms with Crippen LogP contribution in [0, 0.1) is 0 Å². The van der Waals surface area contributed by atoms with Crippen molar-refractivity contribution in [3.05, 3.63) is 75.8 Å². The quantitative estimate of drug-likeness (QED) is 0.559. The van der Waals surface area contributed by atoms with Crippen molar-refractivity contribution in [1.82, 2.24) is 4.98 Å². The van der Waals surface area contributed by atoms with Gasteiger partial charge in [0.15, 0.2) is 0 Å². The van der Waals surface area contributed by atoms with Crippen LogP contribution in [0.4, 0.5) is 5.69 Å². The Labute approximate surface area is 170 Å². The SMILES string of the molecule is NC(=O)c1ccc(NC(=O)Cc2csc(SCc3cccc(Cl)c3)n2)cc1. The van der Waals surface area contributed by atoms with Crippen LogP contribution < -0.4 is 11.1 Å². The summed E-state index contributed by atoms with van der Waals surface area (Å²) < 4.78 is 0.906. The van der Waals surface area contributed by atoms with E-state index in [1.54, 1.807) is 36.0 Å². The highest BCUT2D eigenvalue weighted by Crippen LogP contribution is 2.27. The first-order valence-electron chi connectivity index (χ1n) is 8.01. The maximum absolute atomic E-state index is 12.2. The molecule has 138 valence electrons. The lowest BCUT2D eigenvalue weighted by atomic mass is 10.2. The number of halogens is 1. The summed E-state index contributed by atoms with van der Waals surface area (Å²) >= 11 is 9.11. The van der Waals surface area contributed by atoms with E-state index in [1.165, 1.54) is 11.3 Å². The predicted octanol–water partition coefficient (Wildman–Crippen LogP) is 4.37. The molecule has 27 heavy (non-hydrogen) atoms. The summed E-state index contributed by atoms with van der Waals surface area (Å²) in [7, 11) is 0. The van der Waals surface area contributed by atoms with Gasteiger partial charge in [0.2, 0.25) is 11.8 Å². The van der Waals surface area contributed by atoms with Crippen molar-refractivity contribution in [2.45, 2.75) is 16.5 Å². The standard InChI is InChI=1S/C19H16ClN3O2S2/c20-14-3-1-2-12(8-14)10-26-19-23-16(11-27-19)9-17(24)22-15-6-4-13(5-7-15)18(21)25/h1-8,11H,9-10H2,(H2,21,25)(H,22,24). The average molecular weight is 418 g/mol. The number of thiazole rings is 1. The number of rotatable bonds is 7. The minimum absolute atomic E-state index is 0.168. The molecule has 5 nitrogen and oxygen atoms in total. The number of nitrogens with one attached hydrogen (secondary N) is 1. The second-order valence-electron chi connectivity index (χ2n) is 5.69. The Morgan fingerprint density at radius 2 is 1.96 bits per heavy atom. The number of primary amides is 1. The molecule has 0 aliphatic carbocycles. The lowest BCUT2D eigenvalue weighted by Crippen LogP contribution is -2.15. The maximum atomic E-state index is 12.2. The lowest BCUT2D eigenvalue weighted by molar-refractivity contribution is -0.115. The number of hydrogen-bond acceptors (Lipinski definition) is 5. The minimum atomic E-state index is -0.502. The molecular formula is C19H16ClN3O2S2. The van der Waals surface area contributed by atoms with E-state index in [0.717, 1.165) is 21.3 Å².